The highest BCUT2D eigenvalue weighted by Crippen LogP contribution is 2.43. The van der Waals surface area contributed by atoms with Gasteiger partial charge in [0.15, 0.2) is 11.3 Å². The third kappa shape index (κ3) is 2.78. The van der Waals surface area contributed by atoms with E-state index in [9.17, 15) is 4.79 Å². The molecule has 0 spiro atoms. The summed E-state index contributed by atoms with van der Waals surface area (Å²) in [6.45, 7) is 2.06. The van der Waals surface area contributed by atoms with E-state index in [-0.39, 0.29) is 11.7 Å². The smallest absolute Gasteiger partial charge is 0.180 e. The third-order valence-corrected chi connectivity index (χ3v) is 5.23. The van der Waals surface area contributed by atoms with Gasteiger partial charge in [0, 0.05) is 5.56 Å². The largest absolute Gasteiger partial charge is 0.472 e. The van der Waals surface area contributed by atoms with Crippen molar-refractivity contribution in [2.24, 2.45) is 16.6 Å². The number of ketones is 1. The molecular formula is C23H22N2O2. The number of aliphatic imine (C=N–C) groups is 1. The van der Waals surface area contributed by atoms with Crippen LogP contribution in [-0.2, 0) is 10.3 Å². The molecule has 0 fully saturated rings. The number of rotatable bonds is 5. The quantitative estimate of drug-likeness (QED) is 0.728. The fourth-order valence-corrected chi connectivity index (χ4v) is 3.89. The van der Waals surface area contributed by atoms with Gasteiger partial charge in [0.05, 0.1) is 18.4 Å². The van der Waals surface area contributed by atoms with E-state index in [1.165, 1.54) is 0 Å². The van der Waals surface area contributed by atoms with Gasteiger partial charge in [0.25, 0.3) is 0 Å². The van der Waals surface area contributed by atoms with E-state index in [0.717, 1.165) is 28.7 Å². The molecule has 4 rings (SSSR count). The van der Waals surface area contributed by atoms with E-state index in [1.807, 2.05) is 60.7 Å². The van der Waals surface area contributed by atoms with Gasteiger partial charge in [0.2, 0.25) is 0 Å². The van der Waals surface area contributed by atoms with Gasteiger partial charge in [-0.1, -0.05) is 61.9 Å². The number of carbonyl (C=O) groups excluding carboxylic acids is 1. The Hall–Kier alpha value is -3.14. The van der Waals surface area contributed by atoms with Crippen LogP contribution >= 0.6 is 0 Å². The summed E-state index contributed by atoms with van der Waals surface area (Å²) < 4.78 is 5.22. The lowest BCUT2D eigenvalue weighted by Crippen LogP contribution is -2.36. The molecule has 2 heterocycles. The maximum absolute atomic E-state index is 13.6. The zero-order valence-corrected chi connectivity index (χ0v) is 15.3. The molecule has 2 unspecified atom stereocenters. The number of amidine groups is 1. The van der Waals surface area contributed by atoms with Crippen molar-refractivity contribution in [2.45, 2.75) is 25.3 Å². The molecule has 4 nitrogen and oxygen atoms in total. The first-order valence-electron chi connectivity index (χ1n) is 9.25. The van der Waals surface area contributed by atoms with Gasteiger partial charge >= 0.3 is 0 Å². The fraction of sp³-hybridized carbons (Fsp3) is 0.217. The summed E-state index contributed by atoms with van der Waals surface area (Å²) in [5.74, 6) is 0.143. The van der Waals surface area contributed by atoms with Gasteiger partial charge in [0.1, 0.15) is 5.84 Å². The zero-order valence-electron chi connectivity index (χ0n) is 15.3. The van der Waals surface area contributed by atoms with Crippen molar-refractivity contribution in [3.8, 4) is 11.1 Å². The second-order valence-corrected chi connectivity index (χ2v) is 6.91. The molecule has 27 heavy (non-hydrogen) atoms. The Morgan fingerprint density at radius 2 is 1.81 bits per heavy atom. The van der Waals surface area contributed by atoms with Crippen molar-refractivity contribution in [3.05, 3.63) is 84.3 Å². The summed E-state index contributed by atoms with van der Waals surface area (Å²) >= 11 is 0. The van der Waals surface area contributed by atoms with Crippen LogP contribution in [0.2, 0.25) is 0 Å². The van der Waals surface area contributed by atoms with Crippen molar-refractivity contribution < 1.29 is 9.21 Å². The average Bonchev–Trinajstić information content (AvgIpc) is 3.32. The molecule has 3 aromatic rings. The minimum absolute atomic E-state index is 0.0531. The number of hydrogen-bond donors (Lipinski definition) is 1. The normalized spacial score (nSPS) is 22.0. The van der Waals surface area contributed by atoms with E-state index in [2.05, 4.69) is 6.92 Å². The predicted molar refractivity (Wildman–Crippen MR) is 106 cm³/mol. The van der Waals surface area contributed by atoms with Crippen LogP contribution in [0.4, 0.5) is 0 Å². The Labute approximate surface area is 158 Å². The van der Waals surface area contributed by atoms with Gasteiger partial charge < -0.3 is 10.2 Å². The van der Waals surface area contributed by atoms with E-state index in [4.69, 9.17) is 15.1 Å². The number of furan rings is 1. The fourth-order valence-electron chi connectivity index (χ4n) is 3.89. The second-order valence-electron chi connectivity index (χ2n) is 6.91. The summed E-state index contributed by atoms with van der Waals surface area (Å²) in [6, 6.07) is 19.5. The van der Waals surface area contributed by atoms with E-state index in [1.54, 1.807) is 12.5 Å². The highest BCUT2D eigenvalue weighted by molar-refractivity contribution is 6.14. The minimum atomic E-state index is -1.09. The lowest BCUT2D eigenvalue weighted by molar-refractivity contribution is -0.124. The first-order chi connectivity index (χ1) is 13.2. The number of hydrogen-bond acceptors (Lipinski definition) is 4. The number of benzene rings is 2. The van der Waals surface area contributed by atoms with Crippen LogP contribution < -0.4 is 5.73 Å². The van der Waals surface area contributed by atoms with Crippen molar-refractivity contribution in [3.63, 3.8) is 0 Å². The summed E-state index contributed by atoms with van der Waals surface area (Å²) in [6.07, 6.45) is 4.93. The molecule has 1 aliphatic rings. The van der Waals surface area contributed by atoms with Gasteiger partial charge in [-0.05, 0) is 35.2 Å². The zero-order chi connectivity index (χ0) is 18.9. The summed E-state index contributed by atoms with van der Waals surface area (Å²) in [7, 11) is 0. The van der Waals surface area contributed by atoms with Crippen LogP contribution in [0.25, 0.3) is 11.1 Å². The summed E-state index contributed by atoms with van der Waals surface area (Å²) in [4.78, 5) is 18.4. The third-order valence-electron chi connectivity index (χ3n) is 5.23. The molecule has 0 saturated heterocycles. The predicted octanol–water partition coefficient (Wildman–Crippen LogP) is 4.55. The van der Waals surface area contributed by atoms with Crippen molar-refractivity contribution in [1.29, 1.82) is 0 Å². The molecule has 2 aromatic carbocycles. The molecule has 1 aliphatic heterocycles. The van der Waals surface area contributed by atoms with Crippen LogP contribution in [0, 0.1) is 5.92 Å². The average molecular weight is 358 g/mol. The van der Waals surface area contributed by atoms with Gasteiger partial charge in [-0.25, -0.2) is 4.99 Å². The molecule has 2 N–H and O–H groups in total. The van der Waals surface area contributed by atoms with Crippen molar-refractivity contribution in [1.82, 2.24) is 0 Å². The van der Waals surface area contributed by atoms with Crippen LogP contribution in [0.5, 0.6) is 0 Å². The topological polar surface area (TPSA) is 68.6 Å². The van der Waals surface area contributed by atoms with E-state index in [0.29, 0.717) is 12.3 Å². The van der Waals surface area contributed by atoms with Crippen LogP contribution in [0.1, 0.15) is 30.9 Å². The lowest BCUT2D eigenvalue weighted by atomic mass is 9.76. The summed E-state index contributed by atoms with van der Waals surface area (Å²) in [5, 5.41) is 0. The second kappa shape index (κ2) is 6.88. The number of nitrogens with zero attached hydrogens (tertiary/aromatic N) is 1. The molecule has 0 aliphatic carbocycles. The molecular weight excluding hydrogens is 336 g/mol. The number of carbonyl (C=O) groups is 1. The molecule has 0 saturated carbocycles. The van der Waals surface area contributed by atoms with Gasteiger partial charge in [-0.2, -0.15) is 0 Å². The Balaban J connectivity index is 1.91. The maximum atomic E-state index is 13.6. The first kappa shape index (κ1) is 17.3. The van der Waals surface area contributed by atoms with Crippen molar-refractivity contribution in [2.75, 3.05) is 0 Å². The van der Waals surface area contributed by atoms with E-state index < -0.39 is 5.54 Å². The Morgan fingerprint density at radius 3 is 2.52 bits per heavy atom. The van der Waals surface area contributed by atoms with Crippen molar-refractivity contribution >= 4 is 11.6 Å². The molecule has 0 amide bonds. The summed E-state index contributed by atoms with van der Waals surface area (Å²) in [5.41, 5.74) is 8.79. The number of nitrogens with two attached hydrogens (primary N) is 1. The highest BCUT2D eigenvalue weighted by Gasteiger charge is 2.50. The van der Waals surface area contributed by atoms with Gasteiger partial charge in [-0.3, -0.25) is 4.79 Å². The molecule has 4 heteroatoms. The molecule has 0 bridgehead atoms. The Morgan fingerprint density at radius 1 is 1.04 bits per heavy atom. The van der Waals surface area contributed by atoms with Crippen LogP contribution in [-0.4, -0.2) is 11.6 Å². The van der Waals surface area contributed by atoms with Crippen LogP contribution in [0.15, 0.2) is 82.6 Å². The molecule has 2 atom stereocenters. The molecule has 0 radical (unpaired) electrons. The highest BCUT2D eigenvalue weighted by atomic mass is 16.3. The Kier molecular flexibility index (Phi) is 4.40. The Bertz CT molecular complexity index is 977. The SMILES string of the molecule is CCCC1C(=O)C(c2ccccc2)(c2cccc(-c3ccoc3)c2)N=C1N. The first-order valence-corrected chi connectivity index (χ1v) is 9.25. The molecule has 136 valence electrons. The minimum Gasteiger partial charge on any atom is -0.472 e. The monoisotopic (exact) mass is 358 g/mol. The number of Topliss-reactive ketones (excluding diaryl/α,β-unsaturated/α-hetero) is 1. The molecule has 1 aromatic heterocycles. The van der Waals surface area contributed by atoms with Crippen LogP contribution in [0.3, 0.4) is 0 Å². The van der Waals surface area contributed by atoms with E-state index >= 15 is 0 Å². The lowest BCUT2D eigenvalue weighted by Gasteiger charge is -2.27. The standard InChI is InChI=1S/C23H22N2O2/c1-2-7-20-21(26)23(25-22(20)24,18-9-4-3-5-10-18)19-11-6-8-16(14-19)17-12-13-27-15-17/h3-6,8-15,20H,2,7H2,1H3,(H2,24,25). The van der Waals surface area contributed by atoms with Gasteiger partial charge in [-0.15, -0.1) is 0 Å². The maximum Gasteiger partial charge on any atom is 0.180 e.